The molecule has 15 heavy (non-hydrogen) atoms. The second kappa shape index (κ2) is 6.80. The molecule has 1 fully saturated rings. The number of hydrogen-bond donors (Lipinski definition) is 1. The molecule has 0 spiro atoms. The molecule has 0 radical (unpaired) electrons. The molecule has 0 aromatic heterocycles. The summed E-state index contributed by atoms with van der Waals surface area (Å²) in [4.78, 5) is 16.1. The Morgan fingerprint density at radius 1 is 1.27 bits per heavy atom. The van der Waals surface area contributed by atoms with E-state index >= 15 is 0 Å². The lowest BCUT2D eigenvalue weighted by Gasteiger charge is -2.32. The number of carbonyl (C=O) groups excluding carboxylic acids is 1. The molecule has 0 unspecified atom stereocenters. The molecule has 1 heterocycles. The van der Waals surface area contributed by atoms with Gasteiger partial charge >= 0.3 is 0 Å². The second-order valence-corrected chi connectivity index (χ2v) is 4.24. The standard InChI is InChI=1S/C11H23N3O/c1-3-5-12-11(15)4-6-14-9-7-13(2)8-10-14/h3-10H2,1-2H3,(H,12,15). The Balaban J connectivity index is 2.06. The van der Waals surface area contributed by atoms with Gasteiger partial charge in [0.2, 0.25) is 5.91 Å². The highest BCUT2D eigenvalue weighted by molar-refractivity contribution is 5.75. The van der Waals surface area contributed by atoms with Crippen molar-refractivity contribution < 1.29 is 4.79 Å². The number of rotatable bonds is 5. The first-order valence-electron chi connectivity index (χ1n) is 5.90. The van der Waals surface area contributed by atoms with Gasteiger partial charge in [0, 0.05) is 45.7 Å². The van der Waals surface area contributed by atoms with E-state index in [0.29, 0.717) is 6.42 Å². The second-order valence-electron chi connectivity index (χ2n) is 4.24. The third-order valence-corrected chi connectivity index (χ3v) is 2.82. The average Bonchev–Trinajstić information content (AvgIpc) is 2.25. The van der Waals surface area contributed by atoms with Crippen LogP contribution in [0.25, 0.3) is 0 Å². The van der Waals surface area contributed by atoms with E-state index in [4.69, 9.17) is 0 Å². The Kier molecular flexibility index (Phi) is 5.65. The fourth-order valence-electron chi connectivity index (χ4n) is 1.68. The third kappa shape index (κ3) is 5.14. The Hall–Kier alpha value is -0.610. The van der Waals surface area contributed by atoms with E-state index in [1.807, 2.05) is 0 Å². The van der Waals surface area contributed by atoms with Gasteiger partial charge in [0.25, 0.3) is 0 Å². The highest BCUT2D eigenvalue weighted by atomic mass is 16.1. The minimum Gasteiger partial charge on any atom is -0.356 e. The maximum atomic E-state index is 11.4. The van der Waals surface area contributed by atoms with Gasteiger partial charge in [0.05, 0.1) is 0 Å². The molecule has 1 N–H and O–H groups in total. The largest absolute Gasteiger partial charge is 0.356 e. The van der Waals surface area contributed by atoms with Gasteiger partial charge in [-0.1, -0.05) is 6.92 Å². The van der Waals surface area contributed by atoms with E-state index in [2.05, 4.69) is 29.1 Å². The van der Waals surface area contributed by atoms with Crippen LogP contribution in [0.4, 0.5) is 0 Å². The summed E-state index contributed by atoms with van der Waals surface area (Å²) in [6, 6.07) is 0. The smallest absolute Gasteiger partial charge is 0.221 e. The molecule has 1 amide bonds. The van der Waals surface area contributed by atoms with Crippen molar-refractivity contribution in [3.05, 3.63) is 0 Å². The van der Waals surface area contributed by atoms with E-state index in [0.717, 1.165) is 45.7 Å². The van der Waals surface area contributed by atoms with Crippen LogP contribution < -0.4 is 5.32 Å². The van der Waals surface area contributed by atoms with Gasteiger partial charge in [0.1, 0.15) is 0 Å². The number of amides is 1. The molecule has 0 saturated carbocycles. The van der Waals surface area contributed by atoms with Crippen molar-refractivity contribution in [2.75, 3.05) is 46.3 Å². The van der Waals surface area contributed by atoms with Crippen molar-refractivity contribution in [1.82, 2.24) is 15.1 Å². The summed E-state index contributed by atoms with van der Waals surface area (Å²) in [5.74, 6) is 0.191. The fourth-order valence-corrected chi connectivity index (χ4v) is 1.68. The fraction of sp³-hybridized carbons (Fsp3) is 0.909. The zero-order valence-electron chi connectivity index (χ0n) is 9.96. The first-order valence-corrected chi connectivity index (χ1v) is 5.90. The van der Waals surface area contributed by atoms with Crippen LogP contribution in [-0.4, -0.2) is 62.0 Å². The number of carbonyl (C=O) groups is 1. The van der Waals surface area contributed by atoms with Crippen LogP contribution in [-0.2, 0) is 4.79 Å². The maximum Gasteiger partial charge on any atom is 0.221 e. The van der Waals surface area contributed by atoms with E-state index in [1.165, 1.54) is 0 Å². The maximum absolute atomic E-state index is 11.4. The number of hydrogen-bond acceptors (Lipinski definition) is 3. The normalized spacial score (nSPS) is 19.1. The minimum absolute atomic E-state index is 0.191. The van der Waals surface area contributed by atoms with Gasteiger partial charge in [-0.25, -0.2) is 0 Å². The molecule has 0 aromatic carbocycles. The molecule has 0 aromatic rings. The van der Waals surface area contributed by atoms with Crippen molar-refractivity contribution in [3.8, 4) is 0 Å². The van der Waals surface area contributed by atoms with Gasteiger partial charge in [-0.15, -0.1) is 0 Å². The van der Waals surface area contributed by atoms with Crippen molar-refractivity contribution in [3.63, 3.8) is 0 Å². The van der Waals surface area contributed by atoms with E-state index in [1.54, 1.807) is 0 Å². The monoisotopic (exact) mass is 213 g/mol. The topological polar surface area (TPSA) is 35.6 Å². The predicted molar refractivity (Wildman–Crippen MR) is 61.9 cm³/mol. The molecule has 88 valence electrons. The molecule has 0 bridgehead atoms. The summed E-state index contributed by atoms with van der Waals surface area (Å²) in [5, 5.41) is 2.90. The quantitative estimate of drug-likeness (QED) is 0.706. The van der Waals surface area contributed by atoms with Crippen LogP contribution in [0.5, 0.6) is 0 Å². The Morgan fingerprint density at radius 2 is 1.93 bits per heavy atom. The molecule has 0 aliphatic carbocycles. The van der Waals surface area contributed by atoms with E-state index in [-0.39, 0.29) is 5.91 Å². The minimum atomic E-state index is 0.191. The first kappa shape index (κ1) is 12.5. The Labute approximate surface area is 92.6 Å². The predicted octanol–water partition coefficient (Wildman–Crippen LogP) is 0.150. The Morgan fingerprint density at radius 3 is 2.53 bits per heavy atom. The van der Waals surface area contributed by atoms with Crippen LogP contribution in [0.15, 0.2) is 0 Å². The van der Waals surface area contributed by atoms with Gasteiger partial charge < -0.3 is 15.1 Å². The summed E-state index contributed by atoms with van der Waals surface area (Å²) < 4.78 is 0. The molecule has 4 nitrogen and oxygen atoms in total. The zero-order valence-corrected chi connectivity index (χ0v) is 9.96. The molecule has 4 heteroatoms. The van der Waals surface area contributed by atoms with Gasteiger partial charge in [-0.3, -0.25) is 4.79 Å². The Bertz CT molecular complexity index is 188. The average molecular weight is 213 g/mol. The third-order valence-electron chi connectivity index (χ3n) is 2.82. The molecular weight excluding hydrogens is 190 g/mol. The molecule has 1 aliphatic heterocycles. The lowest BCUT2D eigenvalue weighted by atomic mass is 10.3. The van der Waals surface area contributed by atoms with Crippen molar-refractivity contribution >= 4 is 5.91 Å². The SMILES string of the molecule is CCCNC(=O)CCN1CCN(C)CC1. The van der Waals surface area contributed by atoms with Crippen LogP contribution in [0.3, 0.4) is 0 Å². The lowest BCUT2D eigenvalue weighted by Crippen LogP contribution is -2.45. The molecule has 1 saturated heterocycles. The summed E-state index contributed by atoms with van der Waals surface area (Å²) in [6.07, 6.45) is 1.66. The van der Waals surface area contributed by atoms with Crippen LogP contribution in [0.1, 0.15) is 19.8 Å². The molecule has 1 aliphatic rings. The first-order chi connectivity index (χ1) is 7.22. The molecule has 0 atom stereocenters. The van der Waals surface area contributed by atoms with Crippen LogP contribution in [0.2, 0.25) is 0 Å². The van der Waals surface area contributed by atoms with Crippen molar-refractivity contribution in [1.29, 1.82) is 0 Å². The summed E-state index contributed by atoms with van der Waals surface area (Å²) in [5.41, 5.74) is 0. The van der Waals surface area contributed by atoms with Gasteiger partial charge in [-0.2, -0.15) is 0 Å². The summed E-state index contributed by atoms with van der Waals surface area (Å²) in [7, 11) is 2.14. The number of nitrogens with zero attached hydrogens (tertiary/aromatic N) is 2. The highest BCUT2D eigenvalue weighted by Gasteiger charge is 2.14. The van der Waals surface area contributed by atoms with Crippen molar-refractivity contribution in [2.24, 2.45) is 0 Å². The van der Waals surface area contributed by atoms with Crippen LogP contribution >= 0.6 is 0 Å². The lowest BCUT2D eigenvalue weighted by molar-refractivity contribution is -0.121. The van der Waals surface area contributed by atoms with E-state index in [9.17, 15) is 4.79 Å². The summed E-state index contributed by atoms with van der Waals surface area (Å²) in [6.45, 7) is 8.22. The van der Waals surface area contributed by atoms with E-state index < -0.39 is 0 Å². The van der Waals surface area contributed by atoms with Gasteiger partial charge in [0.15, 0.2) is 0 Å². The summed E-state index contributed by atoms with van der Waals surface area (Å²) >= 11 is 0. The molecular formula is C11H23N3O. The van der Waals surface area contributed by atoms with Gasteiger partial charge in [-0.05, 0) is 13.5 Å². The van der Waals surface area contributed by atoms with Crippen molar-refractivity contribution in [2.45, 2.75) is 19.8 Å². The number of piperazine rings is 1. The number of nitrogens with one attached hydrogen (secondary N) is 1. The molecule has 1 rings (SSSR count). The highest BCUT2D eigenvalue weighted by Crippen LogP contribution is 1.99. The number of likely N-dealkylation sites (N-methyl/N-ethyl adjacent to an activating group) is 1. The van der Waals surface area contributed by atoms with Crippen LogP contribution in [0, 0.1) is 0 Å². The zero-order chi connectivity index (χ0) is 11.1.